The Balaban J connectivity index is 1.38. The van der Waals surface area contributed by atoms with Crippen LogP contribution in [0.1, 0.15) is 66.8 Å². The average Bonchev–Trinajstić information content (AvgIpc) is 3.29. The molecule has 1 amide bonds. The highest BCUT2D eigenvalue weighted by atomic mass is 32.2. The van der Waals surface area contributed by atoms with E-state index in [1.165, 1.54) is 35.4 Å². The molecule has 2 heterocycles. The molecule has 1 aliphatic carbocycles. The van der Waals surface area contributed by atoms with E-state index in [2.05, 4.69) is 5.32 Å². The van der Waals surface area contributed by atoms with Crippen LogP contribution in [0.5, 0.6) is 0 Å². The lowest BCUT2D eigenvalue weighted by molar-refractivity contribution is 0.0642. The largest absolute Gasteiger partial charge is 0.381 e. The number of aromatic nitrogens is 1. The van der Waals surface area contributed by atoms with Gasteiger partial charge in [0.05, 0.1) is 10.4 Å². The first kappa shape index (κ1) is 23.1. The van der Waals surface area contributed by atoms with Gasteiger partial charge in [-0.05, 0) is 73.4 Å². The quantitative estimate of drug-likeness (QED) is 0.534. The van der Waals surface area contributed by atoms with Crippen molar-refractivity contribution in [1.82, 2.24) is 9.29 Å². The number of hydrogen-bond acceptors (Lipinski definition) is 4. The lowest BCUT2D eigenvalue weighted by Gasteiger charge is -2.22. The fourth-order valence-corrected chi connectivity index (χ4v) is 6.67. The number of hydrogen-bond donors (Lipinski definition) is 1. The Morgan fingerprint density at radius 3 is 2.38 bits per heavy atom. The molecule has 5 rings (SSSR count). The number of fused-ring (bicyclic) bond motifs is 1. The first-order valence-corrected chi connectivity index (χ1v) is 13.8. The number of para-hydroxylation sites is 1. The molecule has 1 saturated heterocycles. The third-order valence-corrected chi connectivity index (χ3v) is 9.01. The predicted octanol–water partition coefficient (Wildman–Crippen LogP) is 5.08. The Hall–Kier alpha value is -2.64. The summed E-state index contributed by atoms with van der Waals surface area (Å²) in [5.41, 5.74) is 2.30. The van der Waals surface area contributed by atoms with E-state index >= 15 is 0 Å². The molecule has 1 saturated carbocycles. The van der Waals surface area contributed by atoms with Crippen molar-refractivity contribution in [3.05, 3.63) is 65.9 Å². The van der Waals surface area contributed by atoms with E-state index in [4.69, 9.17) is 4.74 Å². The molecule has 34 heavy (non-hydrogen) atoms. The number of ether oxygens (including phenoxy) is 1. The number of carbonyl (C=O) groups excluding carboxylic acids is 1. The summed E-state index contributed by atoms with van der Waals surface area (Å²) in [6, 6.07) is 14.0. The predicted molar refractivity (Wildman–Crippen MR) is 133 cm³/mol. The average molecular weight is 481 g/mol. The van der Waals surface area contributed by atoms with Crippen LogP contribution in [0.15, 0.2) is 59.6 Å². The highest BCUT2D eigenvalue weighted by Gasteiger charge is 2.25. The van der Waals surface area contributed by atoms with Crippen LogP contribution in [0.3, 0.4) is 0 Å². The van der Waals surface area contributed by atoms with Crippen molar-refractivity contribution in [2.24, 2.45) is 5.92 Å². The minimum absolute atomic E-state index is 0.179. The Bertz CT molecular complexity index is 1250. The van der Waals surface area contributed by atoms with Crippen LogP contribution >= 0.6 is 0 Å². The van der Waals surface area contributed by atoms with Crippen molar-refractivity contribution in [2.45, 2.75) is 55.8 Å². The Labute approximate surface area is 201 Å². The minimum Gasteiger partial charge on any atom is -0.381 e. The molecule has 7 heteroatoms. The molecule has 2 aromatic carbocycles. The summed E-state index contributed by atoms with van der Waals surface area (Å²) < 4.78 is 34.0. The van der Waals surface area contributed by atoms with Crippen molar-refractivity contribution < 1.29 is 17.9 Å². The summed E-state index contributed by atoms with van der Waals surface area (Å²) in [7, 11) is -3.78. The van der Waals surface area contributed by atoms with Gasteiger partial charge in [-0.3, -0.25) is 4.79 Å². The Morgan fingerprint density at radius 1 is 0.941 bits per heavy atom. The molecule has 0 radical (unpaired) electrons. The molecule has 0 bridgehead atoms. The molecule has 0 atom stereocenters. The summed E-state index contributed by atoms with van der Waals surface area (Å²) in [6.45, 7) is 2.09. The van der Waals surface area contributed by atoms with Crippen LogP contribution in [-0.4, -0.2) is 38.1 Å². The van der Waals surface area contributed by atoms with E-state index in [0.717, 1.165) is 49.8 Å². The van der Waals surface area contributed by atoms with Gasteiger partial charge in [0, 0.05) is 36.9 Å². The van der Waals surface area contributed by atoms with Crippen molar-refractivity contribution in [2.75, 3.05) is 19.8 Å². The van der Waals surface area contributed by atoms with E-state index in [-0.39, 0.29) is 10.8 Å². The first-order valence-electron chi connectivity index (χ1n) is 12.4. The molecule has 1 aliphatic heterocycles. The van der Waals surface area contributed by atoms with E-state index in [0.29, 0.717) is 29.5 Å². The molecule has 0 spiro atoms. The zero-order valence-electron chi connectivity index (χ0n) is 19.4. The number of nitrogens with one attached hydrogen (secondary N) is 1. The van der Waals surface area contributed by atoms with Gasteiger partial charge in [0.2, 0.25) is 0 Å². The van der Waals surface area contributed by atoms with Crippen LogP contribution in [0.25, 0.3) is 10.9 Å². The zero-order valence-corrected chi connectivity index (χ0v) is 20.2. The molecule has 6 nitrogen and oxygen atoms in total. The second-order valence-electron chi connectivity index (χ2n) is 9.53. The van der Waals surface area contributed by atoms with E-state index in [9.17, 15) is 13.2 Å². The Kier molecular flexibility index (Phi) is 6.75. The number of nitrogens with zero attached hydrogens (tertiary/aromatic N) is 1. The summed E-state index contributed by atoms with van der Waals surface area (Å²) >= 11 is 0. The topological polar surface area (TPSA) is 77.4 Å². The van der Waals surface area contributed by atoms with Gasteiger partial charge in [-0.15, -0.1) is 0 Å². The maximum atomic E-state index is 13.6. The molecular formula is C27H32N2O4S. The lowest BCUT2D eigenvalue weighted by Crippen LogP contribution is -2.32. The maximum Gasteiger partial charge on any atom is 0.268 e. The smallest absolute Gasteiger partial charge is 0.268 e. The normalized spacial score (nSPS) is 18.2. The lowest BCUT2D eigenvalue weighted by atomic mass is 9.84. The van der Waals surface area contributed by atoms with Gasteiger partial charge >= 0.3 is 0 Å². The van der Waals surface area contributed by atoms with Crippen molar-refractivity contribution in [3.8, 4) is 0 Å². The second kappa shape index (κ2) is 9.92. The fraction of sp³-hybridized carbons (Fsp3) is 0.444. The first-order chi connectivity index (χ1) is 16.5. The maximum absolute atomic E-state index is 13.6. The monoisotopic (exact) mass is 480 g/mol. The van der Waals surface area contributed by atoms with Gasteiger partial charge < -0.3 is 10.1 Å². The molecule has 2 aliphatic rings. The second-order valence-corrected chi connectivity index (χ2v) is 11.3. The van der Waals surface area contributed by atoms with Gasteiger partial charge in [0.25, 0.3) is 15.9 Å². The van der Waals surface area contributed by atoms with Crippen LogP contribution in [0, 0.1) is 5.92 Å². The molecule has 180 valence electrons. The summed E-state index contributed by atoms with van der Waals surface area (Å²) in [5, 5.41) is 3.99. The van der Waals surface area contributed by atoms with E-state index in [1.54, 1.807) is 12.1 Å². The van der Waals surface area contributed by atoms with Crippen molar-refractivity contribution in [1.29, 1.82) is 0 Å². The highest BCUT2D eigenvalue weighted by Crippen LogP contribution is 2.38. The van der Waals surface area contributed by atoms with Gasteiger partial charge in [0.15, 0.2) is 0 Å². The van der Waals surface area contributed by atoms with Crippen LogP contribution < -0.4 is 5.32 Å². The summed E-state index contributed by atoms with van der Waals surface area (Å²) in [5.74, 6) is 0.649. The number of rotatable bonds is 6. The fourth-order valence-electron chi connectivity index (χ4n) is 5.29. The number of carbonyl (C=O) groups is 1. The standard InChI is InChI=1S/C27H32N2O4S/c30-27(28-18-20-14-16-33-17-15-20)22-10-12-23(13-11-22)34(31,32)29-19-25(21-6-2-1-3-7-21)24-8-4-5-9-26(24)29/h4-5,8-13,19-21H,1-3,6-7,14-18H2,(H,28,30). The van der Waals surface area contributed by atoms with Crippen LogP contribution in [0.2, 0.25) is 0 Å². The minimum atomic E-state index is -3.78. The summed E-state index contributed by atoms with van der Waals surface area (Å²) in [6.07, 6.45) is 9.56. The van der Waals surface area contributed by atoms with E-state index < -0.39 is 10.0 Å². The summed E-state index contributed by atoms with van der Waals surface area (Å²) in [4.78, 5) is 12.8. The Morgan fingerprint density at radius 2 is 1.65 bits per heavy atom. The molecule has 3 aromatic rings. The number of amides is 1. The SMILES string of the molecule is O=C(NCC1CCOCC1)c1ccc(S(=O)(=O)n2cc(C3CCCCC3)c3ccccc32)cc1. The molecule has 2 fully saturated rings. The van der Waals surface area contributed by atoms with Gasteiger partial charge in [0.1, 0.15) is 0 Å². The third kappa shape index (κ3) is 4.64. The van der Waals surface area contributed by atoms with Crippen molar-refractivity contribution >= 4 is 26.8 Å². The molecule has 1 N–H and O–H groups in total. The van der Waals surface area contributed by atoms with Gasteiger partial charge in [-0.25, -0.2) is 12.4 Å². The van der Waals surface area contributed by atoms with E-state index in [1.807, 2.05) is 30.5 Å². The number of benzene rings is 2. The molecular weight excluding hydrogens is 448 g/mol. The van der Waals surface area contributed by atoms with Crippen molar-refractivity contribution in [3.63, 3.8) is 0 Å². The van der Waals surface area contributed by atoms with Crippen LogP contribution in [0.4, 0.5) is 0 Å². The van der Waals surface area contributed by atoms with Crippen LogP contribution in [-0.2, 0) is 14.8 Å². The third-order valence-electron chi connectivity index (χ3n) is 7.32. The van der Waals surface area contributed by atoms with Gasteiger partial charge in [-0.2, -0.15) is 0 Å². The molecule has 1 aromatic heterocycles. The van der Waals surface area contributed by atoms with Gasteiger partial charge in [-0.1, -0.05) is 37.5 Å². The molecule has 0 unspecified atom stereocenters. The highest BCUT2D eigenvalue weighted by molar-refractivity contribution is 7.90. The zero-order chi connectivity index (χ0) is 23.5.